The molecule has 0 aromatic carbocycles. The first-order valence-electron chi connectivity index (χ1n) is 9.16. The van der Waals surface area contributed by atoms with Crippen molar-refractivity contribution >= 4 is 11.8 Å². The van der Waals surface area contributed by atoms with E-state index in [9.17, 15) is 18.4 Å². The highest BCUT2D eigenvalue weighted by molar-refractivity contribution is 5.85. The van der Waals surface area contributed by atoms with Crippen molar-refractivity contribution in [3.05, 3.63) is 0 Å². The molecule has 2 N–H and O–H groups in total. The van der Waals surface area contributed by atoms with Gasteiger partial charge in [0.1, 0.15) is 0 Å². The van der Waals surface area contributed by atoms with E-state index in [-0.39, 0.29) is 60.9 Å². The van der Waals surface area contributed by atoms with Crippen LogP contribution in [-0.2, 0) is 9.59 Å². The number of carbonyl (C=O) groups is 2. The maximum absolute atomic E-state index is 13.2. The number of hydrogen-bond acceptors (Lipinski definition) is 2. The fourth-order valence-electron chi connectivity index (χ4n) is 3.58. The van der Waals surface area contributed by atoms with Gasteiger partial charge in [-0.25, -0.2) is 8.78 Å². The summed E-state index contributed by atoms with van der Waals surface area (Å²) in [4.78, 5) is 24.4. The van der Waals surface area contributed by atoms with Crippen molar-refractivity contribution in [3.8, 4) is 0 Å². The summed E-state index contributed by atoms with van der Waals surface area (Å²) in [6.07, 6.45) is 3.51. The highest BCUT2D eigenvalue weighted by Gasteiger charge is 2.48. The first kappa shape index (κ1) is 19.1. The van der Waals surface area contributed by atoms with Gasteiger partial charge in [0.15, 0.2) is 0 Å². The predicted molar refractivity (Wildman–Crippen MR) is 88.7 cm³/mol. The molecule has 4 nitrogen and oxygen atoms in total. The number of rotatable bonds is 7. The van der Waals surface area contributed by atoms with E-state index in [0.29, 0.717) is 6.42 Å². The smallest absolute Gasteiger partial charge is 0.248 e. The minimum atomic E-state index is -2.61. The second kappa shape index (κ2) is 7.36. The Hall–Kier alpha value is -1.20. The number of nitrogens with one attached hydrogen (secondary N) is 2. The van der Waals surface area contributed by atoms with Crippen molar-refractivity contribution in [1.82, 2.24) is 10.6 Å². The molecule has 2 aliphatic rings. The SMILES string of the molecule is CCC1(C(=O)NC(C)CC(C)NC(=O)C2CCC(F)(F)CC2)CC1. The van der Waals surface area contributed by atoms with E-state index in [1.54, 1.807) is 0 Å². The van der Waals surface area contributed by atoms with Crippen LogP contribution in [0.1, 0.15) is 72.1 Å². The van der Waals surface area contributed by atoms with Crippen LogP contribution >= 0.6 is 0 Å². The Morgan fingerprint density at radius 2 is 1.58 bits per heavy atom. The van der Waals surface area contributed by atoms with Gasteiger partial charge in [0, 0.05) is 36.3 Å². The zero-order chi connectivity index (χ0) is 18.0. The molecule has 2 fully saturated rings. The number of hydrogen-bond donors (Lipinski definition) is 2. The van der Waals surface area contributed by atoms with Crippen LogP contribution in [0.15, 0.2) is 0 Å². The third kappa shape index (κ3) is 4.90. The molecule has 2 atom stereocenters. The van der Waals surface area contributed by atoms with Crippen molar-refractivity contribution in [1.29, 1.82) is 0 Å². The molecule has 2 rings (SSSR count). The lowest BCUT2D eigenvalue weighted by Gasteiger charge is -2.29. The Labute approximate surface area is 143 Å². The maximum Gasteiger partial charge on any atom is 0.248 e. The van der Waals surface area contributed by atoms with Crippen molar-refractivity contribution in [2.75, 3.05) is 0 Å². The first-order chi connectivity index (χ1) is 11.2. The highest BCUT2D eigenvalue weighted by atomic mass is 19.3. The van der Waals surface area contributed by atoms with Crippen LogP contribution in [0.4, 0.5) is 8.78 Å². The monoisotopic (exact) mass is 344 g/mol. The van der Waals surface area contributed by atoms with Gasteiger partial charge in [0.25, 0.3) is 0 Å². The van der Waals surface area contributed by atoms with Crippen LogP contribution in [-0.4, -0.2) is 29.8 Å². The molecule has 0 radical (unpaired) electrons. The van der Waals surface area contributed by atoms with Gasteiger partial charge in [-0.1, -0.05) is 6.92 Å². The Morgan fingerprint density at radius 3 is 2.08 bits per heavy atom. The molecule has 2 aliphatic carbocycles. The lowest BCUT2D eigenvalue weighted by atomic mass is 9.86. The molecule has 0 spiro atoms. The molecule has 138 valence electrons. The zero-order valence-corrected chi connectivity index (χ0v) is 15.0. The van der Waals surface area contributed by atoms with Gasteiger partial charge in [-0.3, -0.25) is 9.59 Å². The van der Waals surface area contributed by atoms with Crippen molar-refractivity contribution in [2.24, 2.45) is 11.3 Å². The minimum absolute atomic E-state index is 0.0208. The molecule has 2 amide bonds. The van der Waals surface area contributed by atoms with Gasteiger partial charge in [0.05, 0.1) is 0 Å². The molecule has 2 saturated carbocycles. The van der Waals surface area contributed by atoms with Crippen LogP contribution in [0.2, 0.25) is 0 Å². The van der Waals surface area contributed by atoms with Crippen LogP contribution < -0.4 is 10.6 Å². The summed E-state index contributed by atoms with van der Waals surface area (Å²) in [5.41, 5.74) is -0.159. The Morgan fingerprint density at radius 1 is 1.04 bits per heavy atom. The van der Waals surface area contributed by atoms with Gasteiger partial charge in [-0.15, -0.1) is 0 Å². The van der Waals surface area contributed by atoms with E-state index >= 15 is 0 Å². The normalized spacial score (nSPS) is 24.7. The second-order valence-corrected chi connectivity index (χ2v) is 7.78. The molecular weight excluding hydrogens is 314 g/mol. The Balaban J connectivity index is 1.71. The molecule has 0 heterocycles. The average Bonchev–Trinajstić information content (AvgIpc) is 3.27. The van der Waals surface area contributed by atoms with Gasteiger partial charge in [-0.05, 0) is 52.4 Å². The van der Waals surface area contributed by atoms with E-state index in [1.807, 2.05) is 20.8 Å². The number of amides is 2. The van der Waals surface area contributed by atoms with Crippen LogP contribution in [0, 0.1) is 11.3 Å². The number of halogens is 2. The number of carbonyl (C=O) groups excluding carboxylic acids is 2. The first-order valence-corrected chi connectivity index (χ1v) is 9.16. The summed E-state index contributed by atoms with van der Waals surface area (Å²) in [7, 11) is 0. The fraction of sp³-hybridized carbons (Fsp3) is 0.889. The molecule has 0 saturated heterocycles. The predicted octanol–water partition coefficient (Wildman–Crippen LogP) is 3.40. The maximum atomic E-state index is 13.2. The van der Waals surface area contributed by atoms with Gasteiger partial charge in [0.2, 0.25) is 17.7 Å². The largest absolute Gasteiger partial charge is 0.353 e. The van der Waals surface area contributed by atoms with E-state index in [2.05, 4.69) is 10.6 Å². The summed E-state index contributed by atoms with van der Waals surface area (Å²) in [6, 6.07) is -0.112. The summed E-state index contributed by atoms with van der Waals surface area (Å²) in [5.74, 6) is -2.94. The molecule has 0 aliphatic heterocycles. The number of alkyl halides is 2. The standard InChI is InChI=1S/C18H30F2N2O2/c1-4-17(9-10-17)16(24)22-13(3)11-12(2)21-15(23)14-5-7-18(19,20)8-6-14/h12-14H,4-11H2,1-3H3,(H,21,23)(H,22,24). The Bertz CT molecular complexity index is 468. The average molecular weight is 344 g/mol. The third-order valence-electron chi connectivity index (χ3n) is 5.57. The molecule has 0 aromatic rings. The molecule has 0 bridgehead atoms. The van der Waals surface area contributed by atoms with Gasteiger partial charge in [-0.2, -0.15) is 0 Å². The lowest BCUT2D eigenvalue weighted by Crippen LogP contribution is -2.45. The van der Waals surface area contributed by atoms with Gasteiger partial charge < -0.3 is 10.6 Å². The minimum Gasteiger partial charge on any atom is -0.353 e. The van der Waals surface area contributed by atoms with Crippen molar-refractivity contribution in [3.63, 3.8) is 0 Å². The van der Waals surface area contributed by atoms with Crippen molar-refractivity contribution in [2.45, 2.75) is 90.1 Å². The fourth-order valence-corrected chi connectivity index (χ4v) is 3.58. The summed E-state index contributed by atoms with van der Waals surface area (Å²) in [5, 5.41) is 5.95. The van der Waals surface area contributed by atoms with Crippen LogP contribution in [0.5, 0.6) is 0 Å². The van der Waals surface area contributed by atoms with E-state index < -0.39 is 5.92 Å². The molecule has 2 unspecified atom stereocenters. The topological polar surface area (TPSA) is 58.2 Å². The Kier molecular flexibility index (Phi) is 5.87. The summed E-state index contributed by atoms with van der Waals surface area (Å²) < 4.78 is 26.3. The molecule has 24 heavy (non-hydrogen) atoms. The highest BCUT2D eigenvalue weighted by Crippen LogP contribution is 2.48. The lowest BCUT2D eigenvalue weighted by molar-refractivity contribution is -0.129. The second-order valence-electron chi connectivity index (χ2n) is 7.78. The van der Waals surface area contributed by atoms with Crippen LogP contribution in [0.25, 0.3) is 0 Å². The molecule has 0 aromatic heterocycles. The van der Waals surface area contributed by atoms with Crippen molar-refractivity contribution < 1.29 is 18.4 Å². The van der Waals surface area contributed by atoms with E-state index in [1.165, 1.54) is 0 Å². The summed E-state index contributed by atoms with van der Waals surface area (Å²) >= 11 is 0. The van der Waals surface area contributed by atoms with E-state index in [0.717, 1.165) is 19.3 Å². The molecule has 6 heteroatoms. The van der Waals surface area contributed by atoms with Gasteiger partial charge >= 0.3 is 0 Å². The zero-order valence-electron chi connectivity index (χ0n) is 15.0. The summed E-state index contributed by atoms with van der Waals surface area (Å²) in [6.45, 7) is 5.87. The third-order valence-corrected chi connectivity index (χ3v) is 5.57. The van der Waals surface area contributed by atoms with Crippen LogP contribution in [0.3, 0.4) is 0 Å². The quantitative estimate of drug-likeness (QED) is 0.744. The molecular formula is C18H30F2N2O2. The van der Waals surface area contributed by atoms with E-state index in [4.69, 9.17) is 0 Å².